The minimum absolute atomic E-state index is 0.0544. The average Bonchev–Trinajstić information content (AvgIpc) is 2.31. The number of nitrogens with one attached hydrogen (secondary N) is 1. The Morgan fingerprint density at radius 2 is 2.00 bits per heavy atom. The van der Waals surface area contributed by atoms with Gasteiger partial charge >= 0.3 is 5.97 Å². The molecule has 1 amide bonds. The summed E-state index contributed by atoms with van der Waals surface area (Å²) in [7, 11) is 0. The zero-order valence-corrected chi connectivity index (χ0v) is 13.8. The SMILES string of the molecule is CCC(C)CC(=O)Nc1c(Br)cc(Br)cc1C(=O)O. The molecule has 6 heteroatoms. The van der Waals surface area contributed by atoms with Crippen LogP contribution in [-0.4, -0.2) is 17.0 Å². The minimum Gasteiger partial charge on any atom is -0.478 e. The average molecular weight is 393 g/mol. The van der Waals surface area contributed by atoms with Crippen molar-refractivity contribution in [2.75, 3.05) is 5.32 Å². The maximum Gasteiger partial charge on any atom is 0.337 e. The lowest BCUT2D eigenvalue weighted by atomic mass is 10.0. The molecule has 0 aliphatic rings. The van der Waals surface area contributed by atoms with E-state index in [1.54, 1.807) is 6.07 Å². The second kappa shape index (κ2) is 7.05. The van der Waals surface area contributed by atoms with Gasteiger partial charge in [-0.25, -0.2) is 4.79 Å². The number of benzene rings is 1. The number of rotatable bonds is 5. The van der Waals surface area contributed by atoms with Crippen LogP contribution in [0.3, 0.4) is 0 Å². The first kappa shape index (κ1) is 16.2. The van der Waals surface area contributed by atoms with Crippen LogP contribution in [0.2, 0.25) is 0 Å². The molecule has 2 N–H and O–H groups in total. The smallest absolute Gasteiger partial charge is 0.337 e. The van der Waals surface area contributed by atoms with Crippen LogP contribution < -0.4 is 5.32 Å². The van der Waals surface area contributed by atoms with E-state index in [1.165, 1.54) is 6.07 Å². The highest BCUT2D eigenvalue weighted by Crippen LogP contribution is 2.31. The highest BCUT2D eigenvalue weighted by molar-refractivity contribution is 9.11. The number of carboxylic acid groups (broad SMARTS) is 1. The summed E-state index contributed by atoms with van der Waals surface area (Å²) < 4.78 is 1.17. The number of aromatic carboxylic acids is 1. The Morgan fingerprint density at radius 1 is 1.37 bits per heavy atom. The van der Waals surface area contributed by atoms with Crippen molar-refractivity contribution in [2.45, 2.75) is 26.7 Å². The van der Waals surface area contributed by atoms with Crippen molar-refractivity contribution in [3.63, 3.8) is 0 Å². The van der Waals surface area contributed by atoms with E-state index < -0.39 is 5.97 Å². The van der Waals surface area contributed by atoms with Crippen LogP contribution in [0.4, 0.5) is 5.69 Å². The van der Waals surface area contributed by atoms with E-state index >= 15 is 0 Å². The van der Waals surface area contributed by atoms with Crippen molar-refractivity contribution < 1.29 is 14.7 Å². The largest absolute Gasteiger partial charge is 0.478 e. The number of halogens is 2. The van der Waals surface area contributed by atoms with Crippen LogP contribution in [-0.2, 0) is 4.79 Å². The molecular formula is C13H15Br2NO3. The fourth-order valence-corrected chi connectivity index (χ4v) is 2.84. The first-order valence-electron chi connectivity index (χ1n) is 5.87. The number of hydrogen-bond donors (Lipinski definition) is 2. The number of carboxylic acids is 1. The highest BCUT2D eigenvalue weighted by Gasteiger charge is 2.17. The summed E-state index contributed by atoms with van der Waals surface area (Å²) in [6.07, 6.45) is 1.28. The highest BCUT2D eigenvalue weighted by atomic mass is 79.9. The van der Waals surface area contributed by atoms with E-state index in [0.29, 0.717) is 21.1 Å². The van der Waals surface area contributed by atoms with Crippen molar-refractivity contribution in [3.05, 3.63) is 26.6 Å². The van der Waals surface area contributed by atoms with E-state index in [1.807, 2.05) is 13.8 Å². The van der Waals surface area contributed by atoms with Gasteiger partial charge in [0.15, 0.2) is 0 Å². The van der Waals surface area contributed by atoms with Crippen molar-refractivity contribution in [2.24, 2.45) is 5.92 Å². The molecule has 0 bridgehead atoms. The van der Waals surface area contributed by atoms with E-state index in [2.05, 4.69) is 37.2 Å². The molecule has 4 nitrogen and oxygen atoms in total. The maximum atomic E-state index is 11.9. The van der Waals surface area contributed by atoms with Crippen molar-refractivity contribution in [1.29, 1.82) is 0 Å². The zero-order valence-electron chi connectivity index (χ0n) is 10.7. The summed E-state index contributed by atoms with van der Waals surface area (Å²) in [5, 5.41) is 11.8. The van der Waals surface area contributed by atoms with Crippen molar-refractivity contribution in [3.8, 4) is 0 Å². The Bertz CT molecular complexity index is 503. The van der Waals surface area contributed by atoms with Gasteiger partial charge in [0.1, 0.15) is 0 Å². The van der Waals surface area contributed by atoms with Crippen LogP contribution in [0, 0.1) is 5.92 Å². The summed E-state index contributed by atoms with van der Waals surface area (Å²) in [5.41, 5.74) is 0.350. The van der Waals surface area contributed by atoms with Gasteiger partial charge in [-0.15, -0.1) is 0 Å². The van der Waals surface area contributed by atoms with Crippen LogP contribution in [0.25, 0.3) is 0 Å². The van der Waals surface area contributed by atoms with Crippen LogP contribution in [0.15, 0.2) is 21.1 Å². The lowest BCUT2D eigenvalue weighted by molar-refractivity contribution is -0.117. The van der Waals surface area contributed by atoms with Gasteiger partial charge in [0.05, 0.1) is 11.3 Å². The van der Waals surface area contributed by atoms with Gasteiger partial charge in [-0.2, -0.15) is 0 Å². The number of anilines is 1. The fraction of sp³-hybridized carbons (Fsp3) is 0.385. The lowest BCUT2D eigenvalue weighted by Crippen LogP contribution is -2.17. The quantitative estimate of drug-likeness (QED) is 0.785. The van der Waals surface area contributed by atoms with Crippen LogP contribution >= 0.6 is 31.9 Å². The van der Waals surface area contributed by atoms with E-state index in [0.717, 1.165) is 6.42 Å². The molecule has 19 heavy (non-hydrogen) atoms. The molecule has 0 saturated carbocycles. The summed E-state index contributed by atoms with van der Waals surface area (Å²) in [6, 6.07) is 3.16. The zero-order chi connectivity index (χ0) is 14.6. The van der Waals surface area contributed by atoms with E-state index in [4.69, 9.17) is 5.11 Å². The summed E-state index contributed by atoms with van der Waals surface area (Å²) in [5.74, 6) is -0.997. The number of carbonyl (C=O) groups excluding carboxylic acids is 1. The fourth-order valence-electron chi connectivity index (χ4n) is 1.52. The molecule has 104 valence electrons. The first-order chi connectivity index (χ1) is 8.85. The number of hydrogen-bond acceptors (Lipinski definition) is 2. The minimum atomic E-state index is -1.08. The van der Waals surface area contributed by atoms with Gasteiger partial charge in [-0.1, -0.05) is 36.2 Å². The number of carbonyl (C=O) groups is 2. The van der Waals surface area contributed by atoms with Gasteiger partial charge in [-0.05, 0) is 34.0 Å². The molecule has 0 fully saturated rings. The van der Waals surface area contributed by atoms with E-state index in [9.17, 15) is 9.59 Å². The Morgan fingerprint density at radius 3 is 2.53 bits per heavy atom. The second-order valence-corrected chi connectivity index (χ2v) is 6.15. The summed E-state index contributed by atoms with van der Waals surface area (Å²) >= 11 is 6.50. The standard InChI is InChI=1S/C13H15Br2NO3/c1-3-7(2)4-11(17)16-12-9(13(18)19)5-8(14)6-10(12)15/h5-7H,3-4H2,1-2H3,(H,16,17)(H,18,19). The van der Waals surface area contributed by atoms with Crippen LogP contribution in [0.1, 0.15) is 37.0 Å². The molecule has 0 heterocycles. The molecular weight excluding hydrogens is 378 g/mol. The molecule has 1 aromatic carbocycles. The Balaban J connectivity index is 3.00. The molecule has 0 aromatic heterocycles. The molecule has 0 aliphatic heterocycles. The Hall–Kier alpha value is -0.880. The monoisotopic (exact) mass is 391 g/mol. The van der Waals surface area contributed by atoms with Crippen molar-refractivity contribution >= 4 is 49.4 Å². The van der Waals surface area contributed by atoms with Gasteiger partial charge in [0.25, 0.3) is 0 Å². The van der Waals surface area contributed by atoms with Gasteiger partial charge in [0.2, 0.25) is 5.91 Å². The first-order valence-corrected chi connectivity index (χ1v) is 7.46. The molecule has 0 radical (unpaired) electrons. The molecule has 0 saturated heterocycles. The van der Waals surface area contributed by atoms with Gasteiger partial charge < -0.3 is 10.4 Å². The van der Waals surface area contributed by atoms with Crippen molar-refractivity contribution in [1.82, 2.24) is 0 Å². The Labute approximate surface area is 128 Å². The second-order valence-electron chi connectivity index (χ2n) is 4.38. The van der Waals surface area contributed by atoms with Gasteiger partial charge in [-0.3, -0.25) is 4.79 Å². The summed E-state index contributed by atoms with van der Waals surface area (Å²) in [6.45, 7) is 3.99. The molecule has 0 spiro atoms. The normalized spacial score (nSPS) is 12.0. The molecule has 0 aliphatic carbocycles. The topological polar surface area (TPSA) is 66.4 Å². The predicted octanol–water partition coefficient (Wildman–Crippen LogP) is 4.28. The third kappa shape index (κ3) is 4.62. The molecule has 1 rings (SSSR count). The summed E-state index contributed by atoms with van der Waals surface area (Å²) in [4.78, 5) is 23.1. The third-order valence-electron chi connectivity index (χ3n) is 2.78. The molecule has 1 aromatic rings. The van der Waals surface area contributed by atoms with Crippen LogP contribution in [0.5, 0.6) is 0 Å². The van der Waals surface area contributed by atoms with Gasteiger partial charge in [0, 0.05) is 15.4 Å². The maximum absolute atomic E-state index is 11.9. The molecule has 1 atom stereocenters. The third-order valence-corrected chi connectivity index (χ3v) is 3.86. The molecule has 1 unspecified atom stereocenters. The number of amides is 1. The van der Waals surface area contributed by atoms with E-state index in [-0.39, 0.29) is 17.4 Å². The predicted molar refractivity (Wildman–Crippen MR) is 81.5 cm³/mol. The Kier molecular flexibility index (Phi) is 6.00. The lowest BCUT2D eigenvalue weighted by Gasteiger charge is -2.13.